The Hall–Kier alpha value is -1.02. The molecule has 0 saturated heterocycles. The first kappa shape index (κ1) is 12.1. The molecule has 1 unspecified atom stereocenters. The van der Waals surface area contributed by atoms with Crippen molar-refractivity contribution in [2.75, 3.05) is 7.11 Å². The largest absolute Gasteiger partial charge is 0.497 e. The van der Waals surface area contributed by atoms with Crippen molar-refractivity contribution >= 4 is 0 Å². The second-order valence-corrected chi connectivity index (χ2v) is 4.06. The molecule has 0 saturated carbocycles. The van der Waals surface area contributed by atoms with Crippen LogP contribution in [0.5, 0.6) is 5.75 Å². The molecule has 1 N–H and O–H groups in total. The fourth-order valence-electron chi connectivity index (χ4n) is 1.69. The van der Waals surface area contributed by atoms with Gasteiger partial charge in [-0.1, -0.05) is 32.9 Å². The summed E-state index contributed by atoms with van der Waals surface area (Å²) < 4.78 is 5.14. The third kappa shape index (κ3) is 3.56. The van der Waals surface area contributed by atoms with Crippen molar-refractivity contribution in [3.63, 3.8) is 0 Å². The number of methoxy groups -OCH3 is 1. The van der Waals surface area contributed by atoms with E-state index in [1.807, 2.05) is 12.1 Å². The highest BCUT2D eigenvalue weighted by atomic mass is 16.5. The zero-order valence-electron chi connectivity index (χ0n) is 10.1. The van der Waals surface area contributed by atoms with Gasteiger partial charge in [0.25, 0.3) is 0 Å². The first-order valence-electron chi connectivity index (χ1n) is 5.57. The molecular weight excluding hydrogens is 186 g/mol. The monoisotopic (exact) mass is 207 g/mol. The molecule has 0 spiro atoms. The van der Waals surface area contributed by atoms with Crippen LogP contribution in [0.15, 0.2) is 24.3 Å². The van der Waals surface area contributed by atoms with Crippen LogP contribution in [0.4, 0.5) is 0 Å². The number of hydrogen-bond donors (Lipinski definition) is 1. The summed E-state index contributed by atoms with van der Waals surface area (Å²) in [6.45, 7) is 6.54. The van der Waals surface area contributed by atoms with Gasteiger partial charge < -0.3 is 10.1 Å². The van der Waals surface area contributed by atoms with Gasteiger partial charge in [0.05, 0.1) is 7.11 Å². The maximum Gasteiger partial charge on any atom is 0.118 e. The second-order valence-electron chi connectivity index (χ2n) is 4.06. The standard InChI is InChI=1S/C13H21NO/c1-5-13(14-10(2)3)11-6-8-12(15-4)9-7-11/h6-10,13-14H,5H2,1-4H3. The molecule has 0 aliphatic heterocycles. The van der Waals surface area contributed by atoms with Crippen LogP contribution >= 0.6 is 0 Å². The minimum atomic E-state index is 0.441. The quantitative estimate of drug-likeness (QED) is 0.801. The van der Waals surface area contributed by atoms with Crippen molar-refractivity contribution in [3.05, 3.63) is 29.8 Å². The van der Waals surface area contributed by atoms with Crippen LogP contribution in [-0.4, -0.2) is 13.2 Å². The van der Waals surface area contributed by atoms with Crippen LogP contribution in [0.3, 0.4) is 0 Å². The number of ether oxygens (including phenoxy) is 1. The summed E-state index contributed by atoms with van der Waals surface area (Å²) in [5, 5.41) is 3.54. The Labute approximate surface area is 92.6 Å². The van der Waals surface area contributed by atoms with E-state index in [4.69, 9.17) is 4.74 Å². The van der Waals surface area contributed by atoms with E-state index in [-0.39, 0.29) is 0 Å². The molecule has 1 aromatic rings. The van der Waals surface area contributed by atoms with Gasteiger partial charge in [0.1, 0.15) is 5.75 Å². The predicted molar refractivity (Wildman–Crippen MR) is 64.3 cm³/mol. The van der Waals surface area contributed by atoms with E-state index in [1.54, 1.807) is 7.11 Å². The molecule has 1 atom stereocenters. The average molecular weight is 207 g/mol. The third-order valence-electron chi connectivity index (χ3n) is 2.46. The fraction of sp³-hybridized carbons (Fsp3) is 0.538. The Kier molecular flexibility index (Phi) is 4.63. The van der Waals surface area contributed by atoms with Crippen LogP contribution in [0.25, 0.3) is 0 Å². The van der Waals surface area contributed by atoms with E-state index < -0.39 is 0 Å². The van der Waals surface area contributed by atoms with Crippen molar-refractivity contribution in [1.29, 1.82) is 0 Å². The van der Waals surface area contributed by atoms with Crippen LogP contribution < -0.4 is 10.1 Å². The highest BCUT2D eigenvalue weighted by Gasteiger charge is 2.09. The summed E-state index contributed by atoms with van der Waals surface area (Å²) in [7, 11) is 1.69. The number of rotatable bonds is 5. The summed E-state index contributed by atoms with van der Waals surface area (Å²) >= 11 is 0. The molecule has 1 aromatic carbocycles. The normalized spacial score (nSPS) is 12.9. The molecule has 0 amide bonds. The Morgan fingerprint density at radius 2 is 1.80 bits per heavy atom. The van der Waals surface area contributed by atoms with Gasteiger partial charge >= 0.3 is 0 Å². The molecule has 0 aromatic heterocycles. The van der Waals surface area contributed by atoms with Crippen molar-refractivity contribution in [1.82, 2.24) is 5.32 Å². The Morgan fingerprint density at radius 1 is 1.20 bits per heavy atom. The molecule has 2 nitrogen and oxygen atoms in total. The molecular formula is C13H21NO. The summed E-state index contributed by atoms with van der Waals surface area (Å²) in [6, 6.07) is 9.23. The van der Waals surface area contributed by atoms with Crippen LogP contribution in [0, 0.1) is 0 Å². The smallest absolute Gasteiger partial charge is 0.118 e. The van der Waals surface area contributed by atoms with E-state index in [9.17, 15) is 0 Å². The number of nitrogens with one attached hydrogen (secondary N) is 1. The van der Waals surface area contributed by atoms with Gasteiger partial charge in [0.15, 0.2) is 0 Å². The predicted octanol–water partition coefficient (Wildman–Crippen LogP) is 3.14. The SMILES string of the molecule is CCC(NC(C)C)c1ccc(OC)cc1. The lowest BCUT2D eigenvalue weighted by Gasteiger charge is -2.20. The van der Waals surface area contributed by atoms with Gasteiger partial charge in [-0.15, -0.1) is 0 Å². The average Bonchev–Trinajstić information content (AvgIpc) is 2.26. The molecule has 0 aliphatic carbocycles. The molecule has 0 radical (unpaired) electrons. The van der Waals surface area contributed by atoms with E-state index in [2.05, 4.69) is 38.2 Å². The molecule has 15 heavy (non-hydrogen) atoms. The maximum atomic E-state index is 5.14. The summed E-state index contributed by atoms with van der Waals surface area (Å²) in [4.78, 5) is 0. The molecule has 0 fully saturated rings. The highest BCUT2D eigenvalue weighted by molar-refractivity contribution is 5.29. The Balaban J connectivity index is 2.74. The Bertz CT molecular complexity index is 279. The first-order valence-corrected chi connectivity index (χ1v) is 5.57. The Morgan fingerprint density at radius 3 is 2.20 bits per heavy atom. The van der Waals surface area contributed by atoms with Crippen LogP contribution in [-0.2, 0) is 0 Å². The van der Waals surface area contributed by atoms with Crippen molar-refractivity contribution < 1.29 is 4.74 Å². The van der Waals surface area contributed by atoms with E-state index in [0.29, 0.717) is 12.1 Å². The van der Waals surface area contributed by atoms with Gasteiger partial charge in [0.2, 0.25) is 0 Å². The minimum Gasteiger partial charge on any atom is -0.497 e. The maximum absolute atomic E-state index is 5.14. The number of benzene rings is 1. The van der Waals surface area contributed by atoms with E-state index >= 15 is 0 Å². The molecule has 0 bridgehead atoms. The summed E-state index contributed by atoms with van der Waals surface area (Å²) in [5.74, 6) is 0.915. The van der Waals surface area contributed by atoms with Gasteiger partial charge in [0, 0.05) is 12.1 Å². The van der Waals surface area contributed by atoms with Gasteiger partial charge in [-0.3, -0.25) is 0 Å². The van der Waals surface area contributed by atoms with Gasteiger partial charge in [-0.25, -0.2) is 0 Å². The summed E-state index contributed by atoms with van der Waals surface area (Å²) in [6.07, 6.45) is 1.10. The van der Waals surface area contributed by atoms with Crippen molar-refractivity contribution in [2.45, 2.75) is 39.3 Å². The lowest BCUT2D eigenvalue weighted by atomic mass is 10.0. The zero-order valence-corrected chi connectivity index (χ0v) is 10.1. The lowest BCUT2D eigenvalue weighted by Crippen LogP contribution is -2.27. The fourth-order valence-corrected chi connectivity index (χ4v) is 1.69. The first-order chi connectivity index (χ1) is 7.17. The minimum absolute atomic E-state index is 0.441. The second kappa shape index (κ2) is 5.76. The molecule has 1 rings (SSSR count). The molecule has 84 valence electrons. The molecule has 0 heterocycles. The van der Waals surface area contributed by atoms with Crippen LogP contribution in [0.2, 0.25) is 0 Å². The zero-order chi connectivity index (χ0) is 11.3. The molecule has 2 heteroatoms. The summed E-state index contributed by atoms with van der Waals surface area (Å²) in [5.41, 5.74) is 1.33. The highest BCUT2D eigenvalue weighted by Crippen LogP contribution is 2.20. The topological polar surface area (TPSA) is 21.3 Å². The molecule has 0 aliphatic rings. The number of hydrogen-bond acceptors (Lipinski definition) is 2. The third-order valence-corrected chi connectivity index (χ3v) is 2.46. The van der Waals surface area contributed by atoms with E-state index in [0.717, 1.165) is 12.2 Å². The van der Waals surface area contributed by atoms with Crippen molar-refractivity contribution in [2.24, 2.45) is 0 Å². The van der Waals surface area contributed by atoms with Gasteiger partial charge in [-0.2, -0.15) is 0 Å². The lowest BCUT2D eigenvalue weighted by molar-refractivity contribution is 0.413. The van der Waals surface area contributed by atoms with E-state index in [1.165, 1.54) is 5.56 Å². The van der Waals surface area contributed by atoms with Crippen molar-refractivity contribution in [3.8, 4) is 5.75 Å². The van der Waals surface area contributed by atoms with Gasteiger partial charge in [-0.05, 0) is 24.1 Å². The van der Waals surface area contributed by atoms with Crippen LogP contribution in [0.1, 0.15) is 38.8 Å².